The van der Waals surface area contributed by atoms with Crippen molar-refractivity contribution in [2.45, 2.75) is 19.4 Å². The van der Waals surface area contributed by atoms with Crippen molar-refractivity contribution in [1.82, 2.24) is 4.90 Å². The van der Waals surface area contributed by atoms with Gasteiger partial charge in [-0.25, -0.2) is 0 Å². The zero-order chi connectivity index (χ0) is 14.8. The summed E-state index contributed by atoms with van der Waals surface area (Å²) in [5, 5.41) is 9.03. The first kappa shape index (κ1) is 14.7. The topological polar surface area (TPSA) is 59.0 Å². The smallest absolute Gasteiger partial charge is 0.306 e. The number of aliphatic carboxylic acids is 1. The van der Waals surface area contributed by atoms with Gasteiger partial charge in [-0.2, -0.15) is 0 Å². The molecule has 0 spiro atoms. The van der Waals surface area contributed by atoms with E-state index in [1.165, 1.54) is 0 Å². The summed E-state index contributed by atoms with van der Waals surface area (Å²) in [6.45, 7) is 3.60. The van der Waals surface area contributed by atoms with Gasteiger partial charge in [-0.3, -0.25) is 9.69 Å². The number of carboxylic acids is 1. The number of hydrogen-bond donors (Lipinski definition) is 1. The number of rotatable bonds is 3. The molecular weight excluding hydrogens is 338 g/mol. The minimum Gasteiger partial charge on any atom is -0.486 e. The quantitative estimate of drug-likeness (QED) is 0.902. The minimum atomic E-state index is -0.671. The van der Waals surface area contributed by atoms with Gasteiger partial charge in [0.2, 0.25) is 0 Å². The van der Waals surface area contributed by atoms with E-state index >= 15 is 0 Å². The SMILES string of the molecule is O=C(O)C1CCN(Cc2cc3c(cc2Br)OCCO3)CC1. The number of carboxylic acid groups (broad SMARTS) is 1. The van der Waals surface area contributed by atoms with Crippen molar-refractivity contribution in [3.05, 3.63) is 22.2 Å². The van der Waals surface area contributed by atoms with Crippen LogP contribution >= 0.6 is 15.9 Å². The summed E-state index contributed by atoms with van der Waals surface area (Å²) in [6, 6.07) is 3.97. The zero-order valence-electron chi connectivity index (χ0n) is 11.7. The van der Waals surface area contributed by atoms with Gasteiger partial charge in [-0.1, -0.05) is 15.9 Å². The van der Waals surface area contributed by atoms with Gasteiger partial charge in [0.25, 0.3) is 0 Å². The van der Waals surface area contributed by atoms with Crippen LogP contribution in [0.4, 0.5) is 0 Å². The standard InChI is InChI=1S/C15H18BrNO4/c16-12-8-14-13(20-5-6-21-14)7-11(12)9-17-3-1-10(2-4-17)15(18)19/h7-8,10H,1-6,9H2,(H,18,19). The van der Waals surface area contributed by atoms with Crippen molar-refractivity contribution in [1.29, 1.82) is 0 Å². The average molecular weight is 356 g/mol. The lowest BCUT2D eigenvalue weighted by atomic mass is 9.97. The Balaban J connectivity index is 1.67. The highest BCUT2D eigenvalue weighted by Crippen LogP contribution is 2.36. The van der Waals surface area contributed by atoms with Crippen LogP contribution in [0.2, 0.25) is 0 Å². The van der Waals surface area contributed by atoms with E-state index in [-0.39, 0.29) is 5.92 Å². The van der Waals surface area contributed by atoms with Gasteiger partial charge in [0.15, 0.2) is 11.5 Å². The maximum atomic E-state index is 11.0. The maximum absolute atomic E-state index is 11.0. The van der Waals surface area contributed by atoms with E-state index in [4.69, 9.17) is 14.6 Å². The van der Waals surface area contributed by atoms with E-state index < -0.39 is 5.97 Å². The number of benzene rings is 1. The largest absolute Gasteiger partial charge is 0.486 e. The number of nitrogens with zero attached hydrogens (tertiary/aromatic N) is 1. The highest BCUT2D eigenvalue weighted by Gasteiger charge is 2.25. The molecule has 0 amide bonds. The van der Waals surface area contributed by atoms with Gasteiger partial charge in [0.05, 0.1) is 5.92 Å². The summed E-state index contributed by atoms with van der Waals surface area (Å²) in [5.74, 6) is 0.710. The Morgan fingerprint density at radius 1 is 1.24 bits per heavy atom. The Labute approximate surface area is 132 Å². The molecule has 2 heterocycles. The molecule has 114 valence electrons. The molecule has 1 fully saturated rings. The van der Waals surface area contributed by atoms with Crippen molar-refractivity contribution >= 4 is 21.9 Å². The molecule has 1 aromatic carbocycles. The van der Waals surface area contributed by atoms with E-state index in [0.29, 0.717) is 13.2 Å². The molecule has 3 rings (SSSR count). The molecule has 1 aromatic rings. The molecule has 0 saturated carbocycles. The molecular formula is C15H18BrNO4. The fourth-order valence-corrected chi connectivity index (χ4v) is 3.25. The van der Waals surface area contributed by atoms with Crippen LogP contribution in [-0.2, 0) is 11.3 Å². The summed E-state index contributed by atoms with van der Waals surface area (Å²) in [4.78, 5) is 13.3. The Bertz CT molecular complexity index is 541. The molecule has 1 N–H and O–H groups in total. The van der Waals surface area contributed by atoms with Crippen molar-refractivity contribution in [2.75, 3.05) is 26.3 Å². The average Bonchev–Trinajstić information content (AvgIpc) is 2.48. The monoisotopic (exact) mass is 355 g/mol. The Morgan fingerprint density at radius 2 is 1.86 bits per heavy atom. The van der Waals surface area contributed by atoms with E-state index in [2.05, 4.69) is 20.8 Å². The van der Waals surface area contributed by atoms with Crippen LogP contribution in [0, 0.1) is 5.92 Å². The molecule has 21 heavy (non-hydrogen) atoms. The predicted molar refractivity (Wildman–Crippen MR) is 80.8 cm³/mol. The number of likely N-dealkylation sites (tertiary alicyclic amines) is 1. The first-order valence-corrected chi connectivity index (χ1v) is 7.96. The Morgan fingerprint density at radius 3 is 2.48 bits per heavy atom. The van der Waals surface area contributed by atoms with Crippen LogP contribution in [0.5, 0.6) is 11.5 Å². The third-order valence-electron chi connectivity index (χ3n) is 4.04. The lowest BCUT2D eigenvalue weighted by Crippen LogP contribution is -2.35. The summed E-state index contributed by atoms with van der Waals surface area (Å²) in [6.07, 6.45) is 1.44. The normalized spacial score (nSPS) is 19.5. The lowest BCUT2D eigenvalue weighted by molar-refractivity contribution is -0.143. The highest BCUT2D eigenvalue weighted by atomic mass is 79.9. The number of ether oxygens (including phenoxy) is 2. The van der Waals surface area contributed by atoms with Crippen molar-refractivity contribution in [3.63, 3.8) is 0 Å². The molecule has 0 atom stereocenters. The van der Waals surface area contributed by atoms with Crippen molar-refractivity contribution in [3.8, 4) is 11.5 Å². The third-order valence-corrected chi connectivity index (χ3v) is 4.78. The number of fused-ring (bicyclic) bond motifs is 1. The Kier molecular flexibility index (Phi) is 4.35. The second-order valence-electron chi connectivity index (χ2n) is 5.48. The van der Waals surface area contributed by atoms with E-state index in [1.807, 2.05) is 12.1 Å². The molecule has 6 heteroatoms. The molecule has 0 aromatic heterocycles. The second-order valence-corrected chi connectivity index (χ2v) is 6.33. The molecule has 2 aliphatic rings. The van der Waals surface area contributed by atoms with Crippen LogP contribution in [0.15, 0.2) is 16.6 Å². The number of carbonyl (C=O) groups is 1. The lowest BCUT2D eigenvalue weighted by Gasteiger charge is -2.30. The number of halogens is 1. The summed E-state index contributed by atoms with van der Waals surface area (Å²) >= 11 is 3.58. The van der Waals surface area contributed by atoms with E-state index in [9.17, 15) is 4.79 Å². The molecule has 0 bridgehead atoms. The highest BCUT2D eigenvalue weighted by molar-refractivity contribution is 9.10. The summed E-state index contributed by atoms with van der Waals surface area (Å²) < 4.78 is 12.2. The van der Waals surface area contributed by atoms with Gasteiger partial charge in [0.1, 0.15) is 13.2 Å². The third kappa shape index (κ3) is 3.32. The molecule has 1 saturated heterocycles. The van der Waals surface area contributed by atoms with Gasteiger partial charge < -0.3 is 14.6 Å². The first-order valence-electron chi connectivity index (χ1n) is 7.16. The molecule has 0 radical (unpaired) electrons. The molecule has 2 aliphatic heterocycles. The second kappa shape index (κ2) is 6.23. The zero-order valence-corrected chi connectivity index (χ0v) is 13.3. The van der Waals surface area contributed by atoms with Crippen LogP contribution in [0.1, 0.15) is 18.4 Å². The van der Waals surface area contributed by atoms with Crippen LogP contribution < -0.4 is 9.47 Å². The van der Waals surface area contributed by atoms with Gasteiger partial charge in [-0.15, -0.1) is 0 Å². The summed E-state index contributed by atoms with van der Waals surface area (Å²) in [7, 11) is 0. The fraction of sp³-hybridized carbons (Fsp3) is 0.533. The van der Waals surface area contributed by atoms with Gasteiger partial charge in [-0.05, 0) is 43.6 Å². The Hall–Kier alpha value is -1.27. The van der Waals surface area contributed by atoms with Crippen LogP contribution in [0.25, 0.3) is 0 Å². The predicted octanol–water partition coefficient (Wildman–Crippen LogP) is 2.52. The van der Waals surface area contributed by atoms with Gasteiger partial charge >= 0.3 is 5.97 Å². The molecule has 0 aliphatic carbocycles. The number of piperidine rings is 1. The maximum Gasteiger partial charge on any atom is 0.306 e. The summed E-state index contributed by atoms with van der Waals surface area (Å²) in [5.41, 5.74) is 1.15. The van der Waals surface area contributed by atoms with Crippen LogP contribution in [-0.4, -0.2) is 42.3 Å². The molecule has 0 unspecified atom stereocenters. The van der Waals surface area contributed by atoms with Crippen molar-refractivity contribution < 1.29 is 19.4 Å². The number of hydrogen-bond acceptors (Lipinski definition) is 4. The van der Waals surface area contributed by atoms with E-state index in [1.54, 1.807) is 0 Å². The first-order chi connectivity index (χ1) is 10.1. The molecule has 5 nitrogen and oxygen atoms in total. The van der Waals surface area contributed by atoms with Crippen LogP contribution in [0.3, 0.4) is 0 Å². The minimum absolute atomic E-state index is 0.190. The van der Waals surface area contributed by atoms with Gasteiger partial charge in [0, 0.05) is 11.0 Å². The van der Waals surface area contributed by atoms with E-state index in [0.717, 1.165) is 54.0 Å². The fourth-order valence-electron chi connectivity index (χ4n) is 2.81. The van der Waals surface area contributed by atoms with Crippen molar-refractivity contribution in [2.24, 2.45) is 5.92 Å².